The topological polar surface area (TPSA) is 91.5 Å². The van der Waals surface area contributed by atoms with Crippen molar-refractivity contribution >= 4 is 49.5 Å². The van der Waals surface area contributed by atoms with Gasteiger partial charge in [0.25, 0.3) is 5.91 Å². The molecule has 33 heavy (non-hydrogen) atoms. The minimum Gasteiger partial charge on any atom is -0.844 e. The van der Waals surface area contributed by atoms with Gasteiger partial charge >= 0.3 is 0 Å². The molecule has 7 heteroatoms. The minimum atomic E-state index is -1.73. The summed E-state index contributed by atoms with van der Waals surface area (Å²) in [5.41, 5.74) is 2.27. The summed E-state index contributed by atoms with van der Waals surface area (Å²) in [6.45, 7) is 1.72. The first kappa shape index (κ1) is 18.1. The number of carbonyl (C=O) groups is 1. The number of amides is 1. The summed E-state index contributed by atoms with van der Waals surface area (Å²) in [6.07, 6.45) is -0.420. The predicted molar refractivity (Wildman–Crippen MR) is 122 cm³/mol. The summed E-state index contributed by atoms with van der Waals surface area (Å²) in [5, 5.41) is 31.3. The van der Waals surface area contributed by atoms with Crippen LogP contribution in [-0.2, 0) is 17.0 Å². The molecule has 2 aromatic heterocycles. The van der Waals surface area contributed by atoms with Gasteiger partial charge in [0.2, 0.25) is 0 Å². The predicted octanol–water partition coefficient (Wildman–Crippen LogP) is 2.84. The normalized spacial score (nSPS) is 27.8. The van der Waals surface area contributed by atoms with Crippen molar-refractivity contribution < 1.29 is 19.7 Å². The van der Waals surface area contributed by atoms with Crippen LogP contribution in [0.25, 0.3) is 43.6 Å². The largest absolute Gasteiger partial charge is 0.844 e. The summed E-state index contributed by atoms with van der Waals surface area (Å²) < 4.78 is 10.7. The molecule has 3 atom stereocenters. The maximum atomic E-state index is 14.1. The van der Waals surface area contributed by atoms with E-state index in [-0.39, 0.29) is 12.3 Å². The fraction of sp³-hybridized carbons (Fsp3) is 0.269. The molecule has 1 saturated heterocycles. The third kappa shape index (κ3) is 1.75. The fourth-order valence-electron chi connectivity index (χ4n) is 6.72. The molecule has 0 aliphatic carbocycles. The molecular formula is C26H20N3O4-. The van der Waals surface area contributed by atoms with Crippen molar-refractivity contribution in [3.8, 4) is 0 Å². The molecule has 0 radical (unpaired) electrons. The molecule has 5 aromatic rings. The number of hydrogen-bond acceptors (Lipinski definition) is 4. The van der Waals surface area contributed by atoms with Gasteiger partial charge in [-0.25, -0.2) is 0 Å². The monoisotopic (exact) mass is 438 g/mol. The second-order valence-electron chi connectivity index (χ2n) is 9.64. The summed E-state index contributed by atoms with van der Waals surface area (Å²) >= 11 is 0. The van der Waals surface area contributed by atoms with Crippen molar-refractivity contribution in [3.05, 3.63) is 59.7 Å². The molecule has 0 spiro atoms. The number of ether oxygens (including phenoxy) is 1. The lowest BCUT2D eigenvalue weighted by molar-refractivity contribution is -0.515. The lowest BCUT2D eigenvalue weighted by atomic mass is 9.89. The average Bonchev–Trinajstić information content (AvgIpc) is 3.51. The van der Waals surface area contributed by atoms with Crippen LogP contribution >= 0.6 is 0 Å². The van der Waals surface area contributed by atoms with Crippen LogP contribution in [0, 0.1) is 0 Å². The third-order valence-corrected chi connectivity index (χ3v) is 8.20. The van der Waals surface area contributed by atoms with Crippen LogP contribution in [0.3, 0.4) is 0 Å². The molecule has 2 N–H and O–H groups in total. The lowest BCUT2D eigenvalue weighted by Crippen LogP contribution is -2.61. The number of nitrogens with one attached hydrogen (secondary N) is 1. The van der Waals surface area contributed by atoms with Crippen LogP contribution in [0.5, 0.6) is 0 Å². The van der Waals surface area contributed by atoms with E-state index >= 15 is 0 Å². The molecule has 3 aromatic carbocycles. The Bertz CT molecular complexity index is 1730. The summed E-state index contributed by atoms with van der Waals surface area (Å²) in [7, 11) is 0. The number of para-hydroxylation sites is 2. The van der Waals surface area contributed by atoms with Crippen molar-refractivity contribution in [2.45, 2.75) is 37.4 Å². The molecule has 1 amide bonds. The first-order valence-electron chi connectivity index (χ1n) is 11.3. The number of aliphatic hydroxyl groups excluding tert-OH is 1. The van der Waals surface area contributed by atoms with Crippen molar-refractivity contribution in [2.75, 3.05) is 6.61 Å². The second kappa shape index (κ2) is 5.39. The Morgan fingerprint density at radius 3 is 2.55 bits per heavy atom. The maximum absolute atomic E-state index is 14.1. The van der Waals surface area contributed by atoms with Gasteiger partial charge < -0.3 is 29.4 Å². The average molecular weight is 438 g/mol. The van der Waals surface area contributed by atoms with E-state index in [9.17, 15) is 15.0 Å². The first-order chi connectivity index (χ1) is 16.0. The minimum absolute atomic E-state index is 0.0679. The van der Waals surface area contributed by atoms with Gasteiger partial charge in [-0.3, -0.25) is 4.79 Å². The standard InChI is InChI=1S/C26H20N3O4/c1-25-26(32,12-30)10-18(33-25)28-16-8-4-2-6-13(16)20-21-15(11-27-24(21)31)19-14-7-3-5-9-17(14)29(25)23(19)22(20)28/h2-9,18,30H,10-12H2,1H3,(H,27,31)/q-1/t18?,25-,26-/m0/s1. The summed E-state index contributed by atoms with van der Waals surface area (Å²) in [6, 6.07) is 16.0. The molecular weight excluding hydrogens is 418 g/mol. The summed E-state index contributed by atoms with van der Waals surface area (Å²) in [5.74, 6) is -0.0679. The van der Waals surface area contributed by atoms with Gasteiger partial charge in [-0.1, -0.05) is 36.4 Å². The summed E-state index contributed by atoms with van der Waals surface area (Å²) in [4.78, 5) is 13.2. The molecule has 1 unspecified atom stereocenters. The van der Waals surface area contributed by atoms with E-state index in [0.717, 1.165) is 49.2 Å². The Hall–Kier alpha value is -3.39. The van der Waals surface area contributed by atoms with E-state index in [0.29, 0.717) is 12.1 Å². The zero-order chi connectivity index (χ0) is 22.3. The van der Waals surface area contributed by atoms with E-state index in [4.69, 9.17) is 4.74 Å². The van der Waals surface area contributed by atoms with Gasteiger partial charge in [0.05, 0.1) is 27.6 Å². The van der Waals surface area contributed by atoms with E-state index < -0.39 is 24.2 Å². The highest BCUT2D eigenvalue weighted by atomic mass is 16.6. The van der Waals surface area contributed by atoms with Crippen molar-refractivity contribution in [3.63, 3.8) is 0 Å². The Morgan fingerprint density at radius 2 is 1.79 bits per heavy atom. The van der Waals surface area contributed by atoms with Crippen LogP contribution in [0.1, 0.15) is 35.5 Å². The van der Waals surface area contributed by atoms with E-state index in [1.165, 1.54) is 0 Å². The highest BCUT2D eigenvalue weighted by molar-refractivity contribution is 6.31. The molecule has 8 rings (SSSR count). The molecule has 0 saturated carbocycles. The number of benzene rings is 3. The van der Waals surface area contributed by atoms with Crippen molar-refractivity contribution in [1.29, 1.82) is 0 Å². The molecule has 7 nitrogen and oxygen atoms in total. The van der Waals surface area contributed by atoms with Crippen LogP contribution in [0.15, 0.2) is 48.5 Å². The van der Waals surface area contributed by atoms with Crippen molar-refractivity contribution in [1.82, 2.24) is 14.5 Å². The SMILES string of the molecule is C[C@]12OC(C[C@]1([O-])CO)n1c3ccccc3c3c4c(c5c6ccccc6n2c5c31)CNC4=O. The molecule has 5 heterocycles. The Kier molecular flexibility index (Phi) is 2.95. The van der Waals surface area contributed by atoms with Gasteiger partial charge in [-0.2, -0.15) is 0 Å². The zero-order valence-electron chi connectivity index (χ0n) is 17.9. The van der Waals surface area contributed by atoms with Gasteiger partial charge in [-0.15, -0.1) is 0 Å². The zero-order valence-corrected chi connectivity index (χ0v) is 17.9. The lowest BCUT2D eigenvalue weighted by Gasteiger charge is -2.48. The number of aliphatic hydroxyl groups is 1. The maximum Gasteiger partial charge on any atom is 0.252 e. The molecule has 3 aliphatic heterocycles. The van der Waals surface area contributed by atoms with E-state index in [2.05, 4.69) is 9.88 Å². The van der Waals surface area contributed by atoms with Gasteiger partial charge in [0.15, 0.2) is 0 Å². The van der Waals surface area contributed by atoms with Gasteiger partial charge in [0, 0.05) is 34.7 Å². The molecule has 2 bridgehead atoms. The fourth-order valence-corrected chi connectivity index (χ4v) is 6.72. The second-order valence-corrected chi connectivity index (χ2v) is 9.64. The number of carbonyl (C=O) groups excluding carboxylic acids is 1. The number of fused-ring (bicyclic) bond motifs is 13. The molecule has 164 valence electrons. The van der Waals surface area contributed by atoms with E-state index in [1.54, 1.807) is 6.92 Å². The van der Waals surface area contributed by atoms with Crippen LogP contribution in [0.4, 0.5) is 0 Å². The van der Waals surface area contributed by atoms with Crippen LogP contribution in [0.2, 0.25) is 0 Å². The number of hydrogen-bond donors (Lipinski definition) is 2. The molecule has 3 aliphatic rings. The van der Waals surface area contributed by atoms with E-state index in [1.807, 2.05) is 53.1 Å². The number of aromatic nitrogens is 2. The quantitative estimate of drug-likeness (QED) is 0.421. The smallest absolute Gasteiger partial charge is 0.252 e. The Labute approximate surface area is 187 Å². The first-order valence-corrected chi connectivity index (χ1v) is 11.3. The Morgan fingerprint density at radius 1 is 1.09 bits per heavy atom. The third-order valence-electron chi connectivity index (χ3n) is 8.20. The van der Waals surface area contributed by atoms with Gasteiger partial charge in [-0.05, 0) is 36.6 Å². The number of rotatable bonds is 1. The van der Waals surface area contributed by atoms with Gasteiger partial charge in [0.1, 0.15) is 12.0 Å². The van der Waals surface area contributed by atoms with Crippen molar-refractivity contribution in [2.24, 2.45) is 0 Å². The molecule has 1 fully saturated rings. The van der Waals surface area contributed by atoms with Crippen LogP contribution in [-0.4, -0.2) is 32.4 Å². The highest BCUT2D eigenvalue weighted by Crippen LogP contribution is 2.56. The Balaban J connectivity index is 1.78. The van der Waals surface area contributed by atoms with Crippen LogP contribution < -0.4 is 10.4 Å². The number of nitrogens with zero attached hydrogens (tertiary/aromatic N) is 2. The highest BCUT2D eigenvalue weighted by Gasteiger charge is 2.54.